The molecule has 78 heavy (non-hydrogen) atoms. The highest BCUT2D eigenvalue weighted by atomic mass is 35.5. The summed E-state index contributed by atoms with van der Waals surface area (Å²) in [4.78, 5) is 115. The van der Waals surface area contributed by atoms with E-state index < -0.39 is 82.7 Å². The molecule has 432 valence electrons. The van der Waals surface area contributed by atoms with Gasteiger partial charge in [0.05, 0.1) is 30.2 Å². The van der Waals surface area contributed by atoms with Gasteiger partial charge in [-0.05, 0) is 138 Å². The van der Waals surface area contributed by atoms with Crippen LogP contribution in [0.5, 0.6) is 0 Å². The number of halogens is 2. The topological polar surface area (TPSA) is 236 Å². The van der Waals surface area contributed by atoms with Crippen LogP contribution in [0.25, 0.3) is 0 Å². The van der Waals surface area contributed by atoms with Gasteiger partial charge in [-0.3, -0.25) is 38.4 Å². The van der Waals surface area contributed by atoms with Crippen LogP contribution in [0, 0.1) is 34.5 Å². The molecule has 17 nitrogen and oxygen atoms in total. The average Bonchev–Trinajstić information content (AvgIpc) is 4.03. The monoisotopic (exact) mass is 1120 g/mol. The van der Waals surface area contributed by atoms with Crippen LogP contribution in [0.1, 0.15) is 160 Å². The molecule has 7 amide bonds. The Hall–Kier alpha value is -5.10. The minimum absolute atomic E-state index is 0. The molecule has 1 heterocycles. The SMILES string of the molecule is CN[C@@H](C)C(=O)NC(C(=O)C1C[C@@H](NC(=O)C2CCCC(C(=O)N[C@H]3CC(C(=O)N[C@@H]4CCCc5ccccc54)N(C(=O)[C@@H](NC(=O)[C@H](C)NC)C(C)(C)C)C3)C2)CC1C(=O)N[C@@H]1CCCc2ccccc21)C(C)(C)C.Cl.Cl. The van der Waals surface area contributed by atoms with Crippen molar-refractivity contribution in [3.8, 4) is 0 Å². The second kappa shape index (κ2) is 27.4. The summed E-state index contributed by atoms with van der Waals surface area (Å²) in [7, 11) is 3.34. The maximum atomic E-state index is 14.8. The summed E-state index contributed by atoms with van der Waals surface area (Å²) in [6.07, 6.45) is 7.82. The summed E-state index contributed by atoms with van der Waals surface area (Å²) in [6.45, 7) is 14.8. The zero-order chi connectivity index (χ0) is 55.2. The number of rotatable bonds is 17. The summed E-state index contributed by atoms with van der Waals surface area (Å²) in [5, 5.41) is 24.7. The summed E-state index contributed by atoms with van der Waals surface area (Å²) in [5.74, 6) is -4.94. The van der Waals surface area contributed by atoms with Gasteiger partial charge in [0.1, 0.15) is 12.1 Å². The van der Waals surface area contributed by atoms with E-state index in [-0.39, 0.29) is 110 Å². The molecule has 1 saturated heterocycles. The molecule has 2 aromatic carbocycles. The van der Waals surface area contributed by atoms with E-state index in [1.165, 1.54) is 16.0 Å². The second-order valence-electron chi connectivity index (χ2n) is 24.7. The van der Waals surface area contributed by atoms with E-state index in [2.05, 4.69) is 54.7 Å². The van der Waals surface area contributed by atoms with Crippen LogP contribution in [-0.2, 0) is 51.2 Å². The molecule has 13 atom stereocenters. The maximum Gasteiger partial charge on any atom is 0.246 e. The zero-order valence-corrected chi connectivity index (χ0v) is 49.2. The highest BCUT2D eigenvalue weighted by Crippen LogP contribution is 2.40. The predicted octanol–water partition coefficient (Wildman–Crippen LogP) is 5.47. The zero-order valence-electron chi connectivity index (χ0n) is 47.6. The molecule has 2 saturated carbocycles. The molecule has 0 radical (unpaired) electrons. The van der Waals surface area contributed by atoms with E-state index in [0.717, 1.165) is 49.7 Å². The molecular formula is C59H89Cl2N9O8. The Labute approximate surface area is 474 Å². The molecule has 4 aliphatic carbocycles. The van der Waals surface area contributed by atoms with E-state index >= 15 is 0 Å². The van der Waals surface area contributed by atoms with Crippen LogP contribution in [0.15, 0.2) is 48.5 Å². The van der Waals surface area contributed by atoms with Crippen LogP contribution in [0.3, 0.4) is 0 Å². The Kier molecular flexibility index (Phi) is 22.4. The fourth-order valence-corrected chi connectivity index (χ4v) is 12.4. The lowest BCUT2D eigenvalue weighted by Crippen LogP contribution is -2.59. The van der Waals surface area contributed by atoms with Gasteiger partial charge in [-0.25, -0.2) is 0 Å². The molecule has 0 aromatic heterocycles. The number of carbonyl (C=O) groups excluding carboxylic acids is 8. The smallest absolute Gasteiger partial charge is 0.246 e. The number of hydrogen-bond donors (Lipinski definition) is 8. The molecule has 5 aliphatic rings. The predicted molar refractivity (Wildman–Crippen MR) is 305 cm³/mol. The van der Waals surface area contributed by atoms with Crippen molar-refractivity contribution in [3.05, 3.63) is 70.8 Å². The Morgan fingerprint density at radius 1 is 0.526 bits per heavy atom. The van der Waals surface area contributed by atoms with Crippen molar-refractivity contribution in [1.82, 2.24) is 47.4 Å². The molecule has 1 aliphatic heterocycles. The third-order valence-corrected chi connectivity index (χ3v) is 17.1. The first-order valence-corrected chi connectivity index (χ1v) is 28.2. The first kappa shape index (κ1) is 63.7. The number of amides is 7. The Morgan fingerprint density at radius 2 is 0.987 bits per heavy atom. The van der Waals surface area contributed by atoms with Crippen molar-refractivity contribution in [2.75, 3.05) is 20.6 Å². The Balaban J connectivity index is 0.00000560. The van der Waals surface area contributed by atoms with E-state index in [9.17, 15) is 38.4 Å². The number of likely N-dealkylation sites (tertiary alicyclic amines) is 1. The molecule has 7 rings (SSSR count). The summed E-state index contributed by atoms with van der Waals surface area (Å²) < 4.78 is 0. The van der Waals surface area contributed by atoms with E-state index in [1.54, 1.807) is 27.9 Å². The fourth-order valence-electron chi connectivity index (χ4n) is 12.4. The number of aryl methyl sites for hydroxylation is 2. The first-order chi connectivity index (χ1) is 36.0. The summed E-state index contributed by atoms with van der Waals surface area (Å²) >= 11 is 0. The standard InChI is InChI=1S/C59H87N9O8.2ClH/c1-33(60-9)51(70)66-49(58(3,4)5)48(69)43-29-39(30-44(43)55(74)64-45-26-16-20-35-18-11-13-24-41(35)45)62-53(72)37-22-15-23-38(28-37)54(73)63-40-31-47(56(75)65-46-27-17-21-36-19-12-14-25-42(36)46)68(32-40)57(76)50(59(6,7)8)67-52(71)34(2)61-10;;/h11-14,18-19,24-25,33-34,37-40,43-47,49-50,60-61H,15-17,20-23,26-32H2,1-10H3,(H,62,72)(H,63,73)(H,64,74)(H,65,75)(H,66,70)(H,67,71);2*1H/t33-,34-,37?,38?,39+,40-,43?,44?,45+,46+,47?,49?,50+;;/m0../s1. The van der Waals surface area contributed by atoms with E-state index in [0.29, 0.717) is 19.3 Å². The molecule has 0 bridgehead atoms. The van der Waals surface area contributed by atoms with Gasteiger partial charge >= 0.3 is 0 Å². The van der Waals surface area contributed by atoms with Crippen molar-refractivity contribution in [2.45, 2.75) is 193 Å². The normalized spacial score (nSPS) is 26.3. The van der Waals surface area contributed by atoms with Gasteiger partial charge in [-0.2, -0.15) is 0 Å². The summed E-state index contributed by atoms with van der Waals surface area (Å²) in [5.41, 5.74) is 3.11. The van der Waals surface area contributed by atoms with Gasteiger partial charge in [0.2, 0.25) is 41.4 Å². The summed E-state index contributed by atoms with van der Waals surface area (Å²) in [6, 6.07) is 10.7. The number of fused-ring (bicyclic) bond motifs is 2. The number of nitrogens with zero attached hydrogens (tertiary/aromatic N) is 1. The minimum Gasteiger partial charge on any atom is -0.353 e. The molecule has 6 unspecified atom stereocenters. The van der Waals surface area contributed by atoms with Crippen LogP contribution < -0.4 is 42.5 Å². The number of benzene rings is 2. The van der Waals surface area contributed by atoms with Gasteiger partial charge < -0.3 is 47.4 Å². The van der Waals surface area contributed by atoms with E-state index in [4.69, 9.17) is 0 Å². The van der Waals surface area contributed by atoms with Crippen molar-refractivity contribution in [3.63, 3.8) is 0 Å². The lowest BCUT2D eigenvalue weighted by Gasteiger charge is -2.36. The Morgan fingerprint density at radius 3 is 1.49 bits per heavy atom. The lowest BCUT2D eigenvalue weighted by molar-refractivity contribution is -0.144. The quantitative estimate of drug-likeness (QED) is 0.0996. The lowest BCUT2D eigenvalue weighted by atomic mass is 9.77. The minimum atomic E-state index is -0.964. The van der Waals surface area contributed by atoms with Gasteiger partial charge in [0.15, 0.2) is 5.78 Å². The number of Topliss-reactive ketones (excluding diaryl/α,β-unsaturated/α-hetero) is 1. The van der Waals surface area contributed by atoms with E-state index in [1.807, 2.05) is 77.9 Å². The molecular weight excluding hydrogens is 1030 g/mol. The molecule has 3 fully saturated rings. The van der Waals surface area contributed by atoms with Crippen LogP contribution in [0.2, 0.25) is 0 Å². The van der Waals surface area contributed by atoms with Crippen molar-refractivity contribution in [2.24, 2.45) is 34.5 Å². The number of nitrogens with one attached hydrogen (secondary N) is 8. The molecule has 2 aromatic rings. The van der Waals surface area contributed by atoms with Gasteiger partial charge in [0, 0.05) is 42.3 Å². The third-order valence-electron chi connectivity index (χ3n) is 17.1. The molecule has 8 N–H and O–H groups in total. The second-order valence-corrected chi connectivity index (χ2v) is 24.7. The third kappa shape index (κ3) is 15.2. The van der Waals surface area contributed by atoms with Gasteiger partial charge in [0.25, 0.3) is 0 Å². The maximum absolute atomic E-state index is 14.8. The van der Waals surface area contributed by atoms with Crippen LogP contribution in [-0.4, -0.2) is 115 Å². The first-order valence-electron chi connectivity index (χ1n) is 28.2. The average molecular weight is 1120 g/mol. The Bertz CT molecular complexity index is 2310. The number of hydrogen-bond acceptors (Lipinski definition) is 10. The largest absolute Gasteiger partial charge is 0.353 e. The van der Waals surface area contributed by atoms with Crippen LogP contribution >= 0.6 is 24.8 Å². The number of ketones is 1. The van der Waals surface area contributed by atoms with Gasteiger partial charge in [-0.1, -0.05) is 96.5 Å². The highest BCUT2D eigenvalue weighted by Gasteiger charge is 2.50. The van der Waals surface area contributed by atoms with Crippen LogP contribution in [0.4, 0.5) is 0 Å². The number of carbonyl (C=O) groups is 8. The highest BCUT2D eigenvalue weighted by molar-refractivity contribution is 5.97. The van der Waals surface area contributed by atoms with Gasteiger partial charge in [-0.15, -0.1) is 24.8 Å². The molecule has 0 spiro atoms. The van der Waals surface area contributed by atoms with Crippen molar-refractivity contribution < 1.29 is 38.4 Å². The van der Waals surface area contributed by atoms with Crippen molar-refractivity contribution in [1.29, 1.82) is 0 Å². The van der Waals surface area contributed by atoms with Crippen molar-refractivity contribution >= 4 is 71.9 Å². The number of likely N-dealkylation sites (N-methyl/N-ethyl adjacent to an activating group) is 2. The molecule has 19 heteroatoms. The fraction of sp³-hybridized carbons (Fsp3) is 0.661.